The van der Waals surface area contributed by atoms with E-state index >= 15 is 0 Å². The summed E-state index contributed by atoms with van der Waals surface area (Å²) in [6.07, 6.45) is 1.13. The monoisotopic (exact) mass is 183 g/mol. The van der Waals surface area contributed by atoms with Gasteiger partial charge in [-0.3, -0.25) is 4.68 Å². The number of nitrogens with one attached hydrogen (secondary N) is 1. The Balaban J connectivity index is 0.000000531. The molecule has 0 saturated carbocycles. The van der Waals surface area contributed by atoms with Crippen LogP contribution in [0.5, 0.6) is 0 Å². The summed E-state index contributed by atoms with van der Waals surface area (Å²) in [6.45, 7) is 8.16. The number of rotatable bonds is 0. The van der Waals surface area contributed by atoms with Gasteiger partial charge in [0, 0.05) is 15.0 Å². The lowest BCUT2D eigenvalue weighted by Crippen LogP contribution is -2.24. The molecule has 0 fully saturated rings. The molecule has 2 heterocycles. The van der Waals surface area contributed by atoms with Crippen molar-refractivity contribution in [3.8, 4) is 0 Å². The summed E-state index contributed by atoms with van der Waals surface area (Å²) in [7, 11) is 2.01. The number of fused-ring (bicyclic) bond motifs is 1. The van der Waals surface area contributed by atoms with Crippen molar-refractivity contribution in [2.75, 3.05) is 6.54 Å². The van der Waals surface area contributed by atoms with Gasteiger partial charge in [0.05, 0.1) is 11.4 Å². The quantitative estimate of drug-likeness (QED) is 0.663. The van der Waals surface area contributed by atoms with Gasteiger partial charge in [0.15, 0.2) is 0 Å². The lowest BCUT2D eigenvalue weighted by molar-refractivity contribution is 0.593. The summed E-state index contributed by atoms with van der Waals surface area (Å²) < 4.78 is 1.98. The van der Waals surface area contributed by atoms with Crippen LogP contribution in [0.1, 0.15) is 32.2 Å². The molecule has 1 aliphatic heterocycles. The third-order valence-electron chi connectivity index (χ3n) is 2.32. The molecule has 1 aromatic rings. The normalized spacial score (nSPS) is 14.5. The number of nitrogens with zero attached hydrogens (tertiary/aromatic N) is 2. The zero-order valence-electron chi connectivity index (χ0n) is 9.02. The Hall–Kier alpha value is -0.830. The maximum absolute atomic E-state index is 4.37. The molecule has 2 rings (SSSR count). The molecule has 0 spiro atoms. The molecule has 0 unspecified atom stereocenters. The molecule has 0 amide bonds. The van der Waals surface area contributed by atoms with Gasteiger partial charge in [-0.25, -0.2) is 0 Å². The third-order valence-corrected chi connectivity index (χ3v) is 2.32. The summed E-state index contributed by atoms with van der Waals surface area (Å²) in [5.41, 5.74) is 4.00. The van der Waals surface area contributed by atoms with Gasteiger partial charge >= 0.3 is 0 Å². The van der Waals surface area contributed by atoms with Crippen LogP contribution in [-0.4, -0.2) is 16.3 Å². The van der Waals surface area contributed by atoms with Crippen molar-refractivity contribution >= 4 is 0 Å². The Morgan fingerprint density at radius 1 is 1.46 bits per heavy atom. The second kappa shape index (κ2) is 4.42. The summed E-state index contributed by atoms with van der Waals surface area (Å²) >= 11 is 0. The van der Waals surface area contributed by atoms with Gasteiger partial charge in [-0.2, -0.15) is 5.10 Å². The van der Waals surface area contributed by atoms with Crippen molar-refractivity contribution in [3.05, 3.63) is 17.0 Å². The van der Waals surface area contributed by atoms with Gasteiger partial charge in [0.1, 0.15) is 0 Å². The molecule has 0 saturated heterocycles. The fraction of sp³-hybridized carbons (Fsp3) is 0.700. The van der Waals surface area contributed by atoms with E-state index in [0.29, 0.717) is 0 Å². The molecule has 13 heavy (non-hydrogen) atoms. The lowest BCUT2D eigenvalue weighted by atomic mass is 10.1. The molecule has 0 aromatic carbocycles. The summed E-state index contributed by atoms with van der Waals surface area (Å²) in [5.74, 6) is 0. The molecule has 1 aliphatic rings. The molecule has 0 bridgehead atoms. The Bertz CT molecular complexity index is 255. The van der Waals surface area contributed by atoms with E-state index in [0.717, 1.165) is 19.5 Å². The number of aryl methyl sites for hydroxylation is 2. The van der Waals surface area contributed by atoms with Crippen LogP contribution < -0.4 is 5.32 Å². The molecule has 0 aliphatic carbocycles. The van der Waals surface area contributed by atoms with Crippen LogP contribution >= 0.6 is 0 Å². The molecule has 1 N–H and O–H groups in total. The maximum atomic E-state index is 4.37. The van der Waals surface area contributed by atoms with Gasteiger partial charge in [0.25, 0.3) is 0 Å². The highest BCUT2D eigenvalue weighted by molar-refractivity contribution is 5.27. The zero-order chi connectivity index (χ0) is 9.84. The second-order valence-corrected chi connectivity index (χ2v) is 3.06. The highest BCUT2D eigenvalue weighted by atomic mass is 15.3. The highest BCUT2D eigenvalue weighted by Gasteiger charge is 2.15. The number of hydrogen-bond acceptors (Lipinski definition) is 2. The molecular weight excluding hydrogens is 162 g/mol. The van der Waals surface area contributed by atoms with Crippen LogP contribution in [0.4, 0.5) is 0 Å². The minimum atomic E-state index is 0. The first-order chi connectivity index (χ1) is 6.29. The molecule has 3 heteroatoms. The van der Waals surface area contributed by atoms with E-state index in [9.17, 15) is 0 Å². The Morgan fingerprint density at radius 2 is 2.15 bits per heavy atom. The average Bonchev–Trinajstić information content (AvgIpc) is 2.47. The minimum absolute atomic E-state index is 0. The Morgan fingerprint density at radius 3 is 2.77 bits per heavy atom. The lowest BCUT2D eigenvalue weighted by Gasteiger charge is -2.13. The Kier molecular flexibility index (Phi) is 3.48. The van der Waals surface area contributed by atoms with Crippen LogP contribution in [-0.2, 0) is 20.0 Å². The van der Waals surface area contributed by atoms with Crippen molar-refractivity contribution in [3.63, 3.8) is 0 Å². The van der Waals surface area contributed by atoms with Crippen LogP contribution in [0.25, 0.3) is 0 Å². The van der Waals surface area contributed by atoms with Crippen molar-refractivity contribution in [1.82, 2.24) is 15.1 Å². The Labute approximate surface area is 81.6 Å². The van der Waals surface area contributed by atoms with Crippen molar-refractivity contribution < 1.29 is 1.43 Å². The first-order valence-corrected chi connectivity index (χ1v) is 5.01. The van der Waals surface area contributed by atoms with Gasteiger partial charge in [-0.15, -0.1) is 0 Å². The zero-order valence-corrected chi connectivity index (χ0v) is 9.02. The first kappa shape index (κ1) is 10.3. The highest BCUT2D eigenvalue weighted by Crippen LogP contribution is 2.15. The molecule has 76 valence electrons. The minimum Gasteiger partial charge on any atom is -0.311 e. The second-order valence-electron chi connectivity index (χ2n) is 3.06. The maximum Gasteiger partial charge on any atom is 0.0629 e. The number of aromatic nitrogens is 2. The molecule has 3 nitrogen and oxygen atoms in total. The van der Waals surface area contributed by atoms with E-state index in [-0.39, 0.29) is 1.43 Å². The topological polar surface area (TPSA) is 29.9 Å². The summed E-state index contributed by atoms with van der Waals surface area (Å²) in [6, 6.07) is 0. The molecule has 0 radical (unpaired) electrons. The van der Waals surface area contributed by atoms with E-state index in [1.54, 1.807) is 0 Å². The SMILES string of the molecule is CC.Cc1nn(C)c2c1CCNC2.[HH]. The summed E-state index contributed by atoms with van der Waals surface area (Å²) in [5, 5.41) is 7.70. The standard InChI is InChI=1S/C8H13N3.C2H6.H2/c1-6-7-3-4-9-5-8(7)11(2)10-6;1-2;/h9H,3-5H2,1-2H3;1-2H3;1H. The average molecular weight is 183 g/mol. The van der Waals surface area contributed by atoms with Crippen LogP contribution in [0.3, 0.4) is 0 Å². The fourth-order valence-electron chi connectivity index (χ4n) is 1.72. The van der Waals surface area contributed by atoms with Gasteiger partial charge in [0.2, 0.25) is 0 Å². The third kappa shape index (κ3) is 1.91. The first-order valence-electron chi connectivity index (χ1n) is 5.01. The molecule has 1 aromatic heterocycles. The van der Waals surface area contributed by atoms with E-state index in [1.807, 2.05) is 25.6 Å². The van der Waals surface area contributed by atoms with Crippen molar-refractivity contribution in [2.45, 2.75) is 33.7 Å². The van der Waals surface area contributed by atoms with Crippen LogP contribution in [0, 0.1) is 6.92 Å². The number of hydrogen-bond donors (Lipinski definition) is 1. The van der Waals surface area contributed by atoms with Crippen molar-refractivity contribution in [1.29, 1.82) is 0 Å². The van der Waals surface area contributed by atoms with E-state index in [1.165, 1.54) is 17.0 Å². The largest absolute Gasteiger partial charge is 0.311 e. The molecule has 0 atom stereocenters. The van der Waals surface area contributed by atoms with Gasteiger partial charge in [-0.1, -0.05) is 13.8 Å². The van der Waals surface area contributed by atoms with E-state index in [2.05, 4.69) is 17.3 Å². The van der Waals surface area contributed by atoms with E-state index in [4.69, 9.17) is 0 Å². The van der Waals surface area contributed by atoms with Gasteiger partial charge in [-0.05, 0) is 25.5 Å². The fourth-order valence-corrected chi connectivity index (χ4v) is 1.72. The smallest absolute Gasteiger partial charge is 0.0629 e. The van der Waals surface area contributed by atoms with Crippen LogP contribution in [0.2, 0.25) is 0 Å². The van der Waals surface area contributed by atoms with Crippen LogP contribution in [0.15, 0.2) is 0 Å². The van der Waals surface area contributed by atoms with Crippen molar-refractivity contribution in [2.24, 2.45) is 7.05 Å². The van der Waals surface area contributed by atoms with E-state index < -0.39 is 0 Å². The molecular formula is C10H21N3. The predicted octanol–water partition coefficient (Wildman–Crippen LogP) is 1.65. The summed E-state index contributed by atoms with van der Waals surface area (Å²) in [4.78, 5) is 0. The predicted molar refractivity (Wildman–Crippen MR) is 56.8 cm³/mol. The van der Waals surface area contributed by atoms with Gasteiger partial charge < -0.3 is 5.32 Å².